The van der Waals surface area contributed by atoms with Crippen LogP contribution < -0.4 is 4.90 Å². The third-order valence-electron chi connectivity index (χ3n) is 15.2. The number of nitrogens with zero attached hydrogens (tertiary/aromatic N) is 2. The van der Waals surface area contributed by atoms with Gasteiger partial charge in [-0.2, -0.15) is 0 Å². The molecule has 2 heteroatoms. The smallest absolute Gasteiger partial charge is 0.0727 e. The van der Waals surface area contributed by atoms with Gasteiger partial charge >= 0.3 is 0 Å². The van der Waals surface area contributed by atoms with E-state index in [1.807, 2.05) is 0 Å². The van der Waals surface area contributed by atoms with Gasteiger partial charge in [-0.05, 0) is 139 Å². The van der Waals surface area contributed by atoms with Crippen LogP contribution in [0.4, 0.5) is 17.1 Å². The summed E-state index contributed by atoms with van der Waals surface area (Å²) in [5, 5.41) is 2.53. The van der Waals surface area contributed by atoms with Gasteiger partial charge in [0, 0.05) is 38.9 Å². The zero-order valence-corrected chi connectivity index (χ0v) is 36.8. The Morgan fingerprint density at radius 1 is 0.318 bits per heavy atom. The Kier molecular flexibility index (Phi) is 7.70. The van der Waals surface area contributed by atoms with E-state index in [0.717, 1.165) is 17.1 Å². The van der Waals surface area contributed by atoms with Gasteiger partial charge in [0.1, 0.15) is 0 Å². The van der Waals surface area contributed by atoms with Crippen LogP contribution in [0.3, 0.4) is 0 Å². The summed E-state index contributed by atoms with van der Waals surface area (Å²) in [6, 6.07) is 86.4. The van der Waals surface area contributed by atoms with Gasteiger partial charge in [-0.15, -0.1) is 0 Å². The Morgan fingerprint density at radius 2 is 0.742 bits per heavy atom. The molecule has 3 aliphatic carbocycles. The first-order valence-electron chi connectivity index (χ1n) is 23.2. The SMILES string of the molecule is CC1(C)c2ccccc2-c2ccc(N(c3ccc(-c4ccccc4)cc3)c3ccc4c(c3)C3(c5ccccc5-c5ccccc53)c3cc(-n5c6ccccc6c6ccccc65)ccc3-4)cc21. The van der Waals surface area contributed by atoms with E-state index in [2.05, 4.69) is 254 Å². The maximum Gasteiger partial charge on any atom is 0.0727 e. The van der Waals surface area contributed by atoms with Gasteiger partial charge in [-0.1, -0.05) is 184 Å². The van der Waals surface area contributed by atoms with Crippen molar-refractivity contribution in [2.75, 3.05) is 4.90 Å². The molecule has 2 nitrogen and oxygen atoms in total. The van der Waals surface area contributed by atoms with E-state index in [1.54, 1.807) is 0 Å². The van der Waals surface area contributed by atoms with Crippen LogP contribution in [0.1, 0.15) is 47.2 Å². The molecule has 1 spiro atoms. The summed E-state index contributed by atoms with van der Waals surface area (Å²) in [6.45, 7) is 4.75. The lowest BCUT2D eigenvalue weighted by molar-refractivity contribution is 0.660. The lowest BCUT2D eigenvalue weighted by atomic mass is 9.70. The quantitative estimate of drug-likeness (QED) is 0.168. The second-order valence-corrected chi connectivity index (χ2v) is 18.8. The lowest BCUT2D eigenvalue weighted by Gasteiger charge is -2.33. The summed E-state index contributed by atoms with van der Waals surface area (Å²) in [6.07, 6.45) is 0. The van der Waals surface area contributed by atoms with Crippen LogP contribution in [0.15, 0.2) is 231 Å². The van der Waals surface area contributed by atoms with Crippen molar-refractivity contribution in [3.8, 4) is 50.2 Å². The van der Waals surface area contributed by atoms with Crippen molar-refractivity contribution in [2.24, 2.45) is 0 Å². The predicted octanol–water partition coefficient (Wildman–Crippen LogP) is 16.6. The molecule has 66 heavy (non-hydrogen) atoms. The molecule has 0 N–H and O–H groups in total. The van der Waals surface area contributed by atoms with E-state index in [0.29, 0.717) is 0 Å². The topological polar surface area (TPSA) is 8.17 Å². The minimum absolute atomic E-state index is 0.139. The maximum absolute atomic E-state index is 2.52. The van der Waals surface area contributed by atoms with Crippen LogP contribution in [0.2, 0.25) is 0 Å². The molecule has 11 aromatic rings. The fraction of sp³-hybridized carbons (Fsp3) is 0.0625. The molecule has 0 aliphatic heterocycles. The summed E-state index contributed by atoms with van der Waals surface area (Å²) in [7, 11) is 0. The van der Waals surface area contributed by atoms with Crippen molar-refractivity contribution in [3.63, 3.8) is 0 Å². The average Bonchev–Trinajstić information content (AvgIpc) is 4.04. The molecule has 1 aromatic heterocycles. The molecule has 0 unspecified atom stereocenters. The van der Waals surface area contributed by atoms with Crippen molar-refractivity contribution in [1.82, 2.24) is 4.57 Å². The molecule has 0 fully saturated rings. The highest BCUT2D eigenvalue weighted by atomic mass is 15.1. The standard InChI is InChI=1S/C64H44N2/c1-63(2)55-23-11-6-18-47(55)50-35-32-44(38-58(50)63)65(43-30-28-42(29-31-43)41-16-4-3-5-17-41)45-33-36-51-52-37-34-46(66-61-26-14-9-21-53(61)54-22-10-15-27-62(54)66)40-60(52)64(59(51)39-45)56-24-12-7-19-48(56)49-20-8-13-25-57(49)64/h3-40H,1-2H3. The van der Waals surface area contributed by atoms with Crippen molar-refractivity contribution in [1.29, 1.82) is 0 Å². The van der Waals surface area contributed by atoms with Crippen molar-refractivity contribution in [2.45, 2.75) is 24.7 Å². The van der Waals surface area contributed by atoms with Gasteiger partial charge in [0.15, 0.2) is 0 Å². The molecular formula is C64H44N2. The Balaban J connectivity index is 1.02. The highest BCUT2D eigenvalue weighted by Gasteiger charge is 2.52. The van der Waals surface area contributed by atoms with Crippen molar-refractivity contribution in [3.05, 3.63) is 264 Å². The summed E-state index contributed by atoms with van der Waals surface area (Å²) in [4.78, 5) is 2.49. The molecule has 1 heterocycles. The second kappa shape index (κ2) is 13.7. The lowest BCUT2D eigenvalue weighted by Crippen LogP contribution is -2.26. The molecule has 3 aliphatic rings. The Morgan fingerprint density at radius 3 is 1.36 bits per heavy atom. The molecule has 0 saturated carbocycles. The number of hydrogen-bond acceptors (Lipinski definition) is 1. The number of benzene rings is 10. The number of anilines is 3. The van der Waals surface area contributed by atoms with Crippen LogP contribution in [0.25, 0.3) is 72.0 Å². The van der Waals surface area contributed by atoms with E-state index < -0.39 is 5.41 Å². The average molecular weight is 841 g/mol. The summed E-state index contributed by atoms with van der Waals surface area (Å²) < 4.78 is 2.47. The summed E-state index contributed by atoms with van der Waals surface area (Å²) >= 11 is 0. The Labute approximate surface area is 385 Å². The zero-order valence-electron chi connectivity index (χ0n) is 36.8. The number of aromatic nitrogens is 1. The molecule has 0 amide bonds. The highest BCUT2D eigenvalue weighted by Crippen LogP contribution is 2.64. The molecule has 0 atom stereocenters. The van der Waals surface area contributed by atoms with Crippen LogP contribution in [0, 0.1) is 0 Å². The first-order valence-corrected chi connectivity index (χ1v) is 23.2. The van der Waals surface area contributed by atoms with Gasteiger partial charge < -0.3 is 9.47 Å². The Bertz CT molecular complexity index is 3690. The maximum atomic E-state index is 2.52. The normalized spacial score (nSPS) is 14.2. The van der Waals surface area contributed by atoms with E-state index in [4.69, 9.17) is 0 Å². The monoisotopic (exact) mass is 840 g/mol. The largest absolute Gasteiger partial charge is 0.310 e. The van der Waals surface area contributed by atoms with Gasteiger partial charge in [-0.25, -0.2) is 0 Å². The molecule has 0 saturated heterocycles. The minimum Gasteiger partial charge on any atom is -0.310 e. The molecule has 0 bridgehead atoms. The number of rotatable bonds is 5. The minimum atomic E-state index is -0.549. The van der Waals surface area contributed by atoms with E-state index >= 15 is 0 Å². The highest BCUT2D eigenvalue weighted by molar-refractivity contribution is 6.09. The fourth-order valence-electron chi connectivity index (χ4n) is 12.3. The first kappa shape index (κ1) is 37.2. The molecule has 10 aromatic carbocycles. The van der Waals surface area contributed by atoms with E-state index in [1.165, 1.54) is 105 Å². The van der Waals surface area contributed by atoms with Crippen LogP contribution >= 0.6 is 0 Å². The van der Waals surface area contributed by atoms with E-state index in [-0.39, 0.29) is 5.41 Å². The van der Waals surface area contributed by atoms with Crippen molar-refractivity contribution >= 4 is 38.9 Å². The van der Waals surface area contributed by atoms with Gasteiger partial charge in [0.2, 0.25) is 0 Å². The zero-order chi connectivity index (χ0) is 43.7. The third-order valence-corrected chi connectivity index (χ3v) is 15.2. The van der Waals surface area contributed by atoms with Gasteiger partial charge in [0.25, 0.3) is 0 Å². The summed E-state index contributed by atoms with van der Waals surface area (Å²) in [5.74, 6) is 0. The molecular weight excluding hydrogens is 797 g/mol. The summed E-state index contributed by atoms with van der Waals surface area (Å²) in [5.41, 5.74) is 24.6. The van der Waals surface area contributed by atoms with Gasteiger partial charge in [0.05, 0.1) is 16.4 Å². The van der Waals surface area contributed by atoms with Crippen LogP contribution in [0.5, 0.6) is 0 Å². The third kappa shape index (κ3) is 4.96. The van der Waals surface area contributed by atoms with Crippen LogP contribution in [-0.2, 0) is 10.8 Å². The molecule has 0 radical (unpaired) electrons. The number of fused-ring (bicyclic) bond motifs is 16. The first-order chi connectivity index (χ1) is 32.5. The Hall–Kier alpha value is -8.20. The number of hydrogen-bond donors (Lipinski definition) is 0. The van der Waals surface area contributed by atoms with E-state index in [9.17, 15) is 0 Å². The van der Waals surface area contributed by atoms with Crippen molar-refractivity contribution < 1.29 is 0 Å². The fourth-order valence-corrected chi connectivity index (χ4v) is 12.3. The molecule has 14 rings (SSSR count). The van der Waals surface area contributed by atoms with Gasteiger partial charge in [-0.3, -0.25) is 0 Å². The predicted molar refractivity (Wildman–Crippen MR) is 275 cm³/mol. The number of para-hydroxylation sites is 2. The second-order valence-electron chi connectivity index (χ2n) is 18.8. The molecule has 310 valence electrons. The van der Waals surface area contributed by atoms with Crippen LogP contribution in [-0.4, -0.2) is 4.57 Å².